The topological polar surface area (TPSA) is 37.3 Å². The molecule has 0 atom stereocenters. The first kappa shape index (κ1) is 9.69. The van der Waals surface area contributed by atoms with Gasteiger partial charge in [-0.1, -0.05) is 6.92 Å². The van der Waals surface area contributed by atoms with E-state index in [0.29, 0.717) is 0 Å². The van der Waals surface area contributed by atoms with E-state index in [1.165, 1.54) is 0 Å². The minimum Gasteiger partial charge on any atom is -1.00 e. The third-order valence-corrected chi connectivity index (χ3v) is 0.302. The molecule has 6 heavy (non-hydrogen) atoms. The predicted molar refractivity (Wildman–Crippen MR) is 20.2 cm³/mol. The molecule has 0 spiro atoms. The Hall–Kier alpha value is 0.470. The molecule has 3 heteroatoms. The van der Waals surface area contributed by atoms with Crippen molar-refractivity contribution in [3.05, 3.63) is 0 Å². The molecular formula is C3H8NaO2+. The maximum atomic E-state index is 9.37. The molecule has 1 N–H and O–H groups in total. The van der Waals surface area contributed by atoms with E-state index >= 15 is 0 Å². The summed E-state index contributed by atoms with van der Waals surface area (Å²) in [6.07, 6.45) is 0.222. The van der Waals surface area contributed by atoms with Crippen LogP contribution in [0.3, 0.4) is 0 Å². The zero-order chi connectivity index (χ0) is 4.28. The van der Waals surface area contributed by atoms with Gasteiger partial charge in [-0.3, -0.25) is 4.79 Å². The van der Waals surface area contributed by atoms with E-state index < -0.39 is 5.97 Å². The molecule has 0 aliphatic heterocycles. The first-order valence-electron chi connectivity index (χ1n) is 1.49. The molecule has 0 amide bonds. The molecule has 0 rings (SSSR count). The summed E-state index contributed by atoms with van der Waals surface area (Å²) in [6.45, 7) is 1.60. The summed E-state index contributed by atoms with van der Waals surface area (Å²) in [6, 6.07) is 0. The first-order chi connectivity index (χ1) is 2.27. The zero-order valence-electron chi connectivity index (χ0n) is 6.06. The van der Waals surface area contributed by atoms with E-state index in [9.17, 15) is 4.79 Å². The number of hydrogen-bond donors (Lipinski definition) is 1. The summed E-state index contributed by atoms with van der Waals surface area (Å²) < 4.78 is 0. The summed E-state index contributed by atoms with van der Waals surface area (Å²) in [4.78, 5) is 9.37. The van der Waals surface area contributed by atoms with Crippen LogP contribution in [0.2, 0.25) is 0 Å². The van der Waals surface area contributed by atoms with Crippen molar-refractivity contribution in [2.45, 2.75) is 13.3 Å². The molecule has 0 aromatic rings. The first-order valence-corrected chi connectivity index (χ1v) is 1.49. The Morgan fingerprint density at radius 2 is 2.33 bits per heavy atom. The van der Waals surface area contributed by atoms with Crippen molar-refractivity contribution >= 4 is 5.97 Å². The Balaban J connectivity index is -0.0000000267. The van der Waals surface area contributed by atoms with Crippen molar-refractivity contribution in [3.63, 3.8) is 0 Å². The number of carbonyl (C=O) groups is 1. The van der Waals surface area contributed by atoms with Crippen molar-refractivity contribution in [2.24, 2.45) is 0 Å². The number of rotatable bonds is 1. The molecule has 0 unspecified atom stereocenters. The molecule has 0 aromatic heterocycles. The predicted octanol–water partition coefficient (Wildman–Crippen LogP) is -2.29. The molecule has 0 saturated heterocycles. The molecule has 0 aliphatic rings. The molecule has 0 aromatic carbocycles. The van der Waals surface area contributed by atoms with Gasteiger partial charge in [0.25, 0.3) is 0 Å². The molecule has 0 fully saturated rings. The fraction of sp³-hybridized carbons (Fsp3) is 0.667. The van der Waals surface area contributed by atoms with Crippen LogP contribution in [0, 0.1) is 0 Å². The van der Waals surface area contributed by atoms with E-state index in [2.05, 4.69) is 0 Å². The van der Waals surface area contributed by atoms with Gasteiger partial charge in [-0.2, -0.15) is 0 Å². The van der Waals surface area contributed by atoms with Gasteiger partial charge in [0.15, 0.2) is 0 Å². The monoisotopic (exact) mass is 99.0 g/mol. The number of aliphatic carboxylic acids is 1. The fourth-order valence-corrected chi connectivity index (χ4v) is 0. The van der Waals surface area contributed by atoms with E-state index in [4.69, 9.17) is 5.11 Å². The molecule has 0 heterocycles. The van der Waals surface area contributed by atoms with Gasteiger partial charge in [-0.25, -0.2) is 0 Å². The standard InChI is InChI=1S/C3H6O2.Na.H/c1-2-3(4)5;;/h2H2,1H3,(H,4,5);;/q;+1;-1/p+1. The maximum Gasteiger partial charge on any atom is 1.00 e. The third kappa shape index (κ3) is 8.82. The Kier molecular flexibility index (Phi) is 8.83. The second-order valence-electron chi connectivity index (χ2n) is 0.747. The van der Waals surface area contributed by atoms with Gasteiger partial charge < -0.3 is 6.53 Å². The SMILES string of the molecule is CCC(=O)O.[H+].[H-].[Na+]. The maximum absolute atomic E-state index is 9.37. The van der Waals surface area contributed by atoms with Gasteiger partial charge in [-0.15, -0.1) is 0 Å². The summed E-state index contributed by atoms with van der Waals surface area (Å²) in [5.74, 6) is -0.745. The summed E-state index contributed by atoms with van der Waals surface area (Å²) in [5.41, 5.74) is 0. The third-order valence-electron chi connectivity index (χ3n) is 0.302. The fourth-order valence-electron chi connectivity index (χ4n) is 0. The van der Waals surface area contributed by atoms with Gasteiger partial charge in [0.05, 0.1) is 0 Å². The van der Waals surface area contributed by atoms with Gasteiger partial charge in [0.1, 0.15) is 0 Å². The average Bonchev–Trinajstić information content (AvgIpc) is 1.38. The van der Waals surface area contributed by atoms with Crippen LogP contribution < -0.4 is 29.6 Å². The van der Waals surface area contributed by atoms with Crippen LogP contribution in [-0.4, -0.2) is 11.1 Å². The van der Waals surface area contributed by atoms with E-state index in [0.717, 1.165) is 0 Å². The van der Waals surface area contributed by atoms with Crippen LogP contribution >= 0.6 is 0 Å². The molecular weight excluding hydrogens is 91.0 g/mol. The van der Waals surface area contributed by atoms with Crippen LogP contribution in [0.1, 0.15) is 16.2 Å². The number of carboxylic acid groups (broad SMARTS) is 1. The molecule has 0 aliphatic carbocycles. The molecule has 32 valence electrons. The Bertz CT molecular complexity index is 50.5. The molecule has 0 radical (unpaired) electrons. The van der Waals surface area contributed by atoms with Gasteiger partial charge in [-0.05, 0) is 0 Å². The van der Waals surface area contributed by atoms with E-state index in [1.54, 1.807) is 6.92 Å². The second-order valence-corrected chi connectivity index (χ2v) is 0.747. The summed E-state index contributed by atoms with van der Waals surface area (Å²) in [7, 11) is 0. The van der Waals surface area contributed by atoms with Crippen LogP contribution in [0.15, 0.2) is 0 Å². The Morgan fingerprint density at radius 3 is 2.33 bits per heavy atom. The number of hydrogen-bond acceptors (Lipinski definition) is 1. The molecule has 0 bridgehead atoms. The van der Waals surface area contributed by atoms with Crippen molar-refractivity contribution in [1.82, 2.24) is 0 Å². The average molecular weight is 99.1 g/mol. The minimum atomic E-state index is -0.745. The van der Waals surface area contributed by atoms with Gasteiger partial charge >= 0.3 is 37.0 Å². The van der Waals surface area contributed by atoms with Crippen molar-refractivity contribution in [1.29, 1.82) is 0 Å². The van der Waals surface area contributed by atoms with Gasteiger partial charge in [0, 0.05) is 6.42 Å². The van der Waals surface area contributed by atoms with Crippen molar-refractivity contribution in [3.8, 4) is 0 Å². The normalized spacial score (nSPS) is 6.17. The minimum absolute atomic E-state index is 0. The van der Waals surface area contributed by atoms with E-state index in [-0.39, 0.29) is 38.8 Å². The van der Waals surface area contributed by atoms with E-state index in [1.807, 2.05) is 0 Å². The zero-order valence-corrected chi connectivity index (χ0v) is 6.06. The van der Waals surface area contributed by atoms with Crippen LogP contribution in [0.25, 0.3) is 0 Å². The van der Waals surface area contributed by atoms with Crippen molar-refractivity contribution < 1.29 is 42.3 Å². The number of carboxylic acids is 1. The largest absolute Gasteiger partial charge is 1.00 e. The van der Waals surface area contributed by atoms with Gasteiger partial charge in [0.2, 0.25) is 0 Å². The quantitative estimate of drug-likeness (QED) is 0.376. The van der Waals surface area contributed by atoms with Crippen LogP contribution in [0.4, 0.5) is 0 Å². The smallest absolute Gasteiger partial charge is 1.00 e. The summed E-state index contributed by atoms with van der Waals surface area (Å²) >= 11 is 0. The van der Waals surface area contributed by atoms with Crippen molar-refractivity contribution in [2.75, 3.05) is 0 Å². The summed E-state index contributed by atoms with van der Waals surface area (Å²) in [5, 5.41) is 7.72. The molecule has 2 nitrogen and oxygen atoms in total. The van der Waals surface area contributed by atoms with Crippen LogP contribution in [-0.2, 0) is 4.79 Å². The second kappa shape index (κ2) is 5.47. The van der Waals surface area contributed by atoms with Crippen LogP contribution in [0.5, 0.6) is 0 Å². The Morgan fingerprint density at radius 1 is 2.17 bits per heavy atom. The molecule has 0 saturated carbocycles. The Labute approximate surface area is 61.8 Å².